The summed E-state index contributed by atoms with van der Waals surface area (Å²) in [5.41, 5.74) is 0.830. The van der Waals surface area contributed by atoms with E-state index < -0.39 is 12.1 Å². The van der Waals surface area contributed by atoms with Crippen molar-refractivity contribution in [3.63, 3.8) is 0 Å². The number of rotatable bonds is 4. The molecule has 0 fully saturated rings. The fourth-order valence-electron chi connectivity index (χ4n) is 1.15. The quantitative estimate of drug-likeness (QED) is 0.925. The van der Waals surface area contributed by atoms with Gasteiger partial charge in [-0.3, -0.25) is 4.79 Å². The lowest BCUT2D eigenvalue weighted by Crippen LogP contribution is -2.32. The number of amides is 1. The molecule has 0 radical (unpaired) electrons. The summed E-state index contributed by atoms with van der Waals surface area (Å²) in [6.07, 6.45) is -0.660. The standard InChI is InChI=1S/C11H12BrNO4/c1-13(6-10(14)15)11(16)17-7-8-3-2-4-9(12)5-8/h2-5H,6-7H2,1H3,(H,14,15). The summed E-state index contributed by atoms with van der Waals surface area (Å²) in [5, 5.41) is 8.50. The highest BCUT2D eigenvalue weighted by molar-refractivity contribution is 9.10. The average Bonchev–Trinajstić information content (AvgIpc) is 2.25. The lowest BCUT2D eigenvalue weighted by Gasteiger charge is -2.14. The second-order valence-electron chi connectivity index (χ2n) is 3.43. The van der Waals surface area contributed by atoms with E-state index in [0.29, 0.717) is 0 Å². The average molecular weight is 302 g/mol. The van der Waals surface area contributed by atoms with Crippen LogP contribution in [0.15, 0.2) is 28.7 Å². The molecule has 0 aliphatic heterocycles. The first-order valence-electron chi connectivity index (χ1n) is 4.83. The normalized spacial score (nSPS) is 9.76. The first kappa shape index (κ1) is 13.5. The number of carboxylic acids is 1. The van der Waals surface area contributed by atoms with Crippen LogP contribution in [0.3, 0.4) is 0 Å². The minimum absolute atomic E-state index is 0.113. The fraction of sp³-hybridized carbons (Fsp3) is 0.273. The lowest BCUT2D eigenvalue weighted by atomic mass is 10.2. The molecule has 0 bridgehead atoms. The predicted molar refractivity (Wildman–Crippen MR) is 64.6 cm³/mol. The van der Waals surface area contributed by atoms with Crippen molar-refractivity contribution in [1.29, 1.82) is 0 Å². The molecular weight excluding hydrogens is 290 g/mol. The Morgan fingerprint density at radius 3 is 2.76 bits per heavy atom. The van der Waals surface area contributed by atoms with Crippen LogP contribution in [-0.4, -0.2) is 35.7 Å². The molecule has 0 aromatic heterocycles. The molecular formula is C11H12BrNO4. The molecule has 0 aliphatic carbocycles. The number of hydrogen-bond donors (Lipinski definition) is 1. The Balaban J connectivity index is 2.45. The molecule has 1 N–H and O–H groups in total. The largest absolute Gasteiger partial charge is 0.480 e. The number of halogens is 1. The van der Waals surface area contributed by atoms with Crippen molar-refractivity contribution in [2.75, 3.05) is 13.6 Å². The van der Waals surface area contributed by atoms with Crippen molar-refractivity contribution in [2.24, 2.45) is 0 Å². The third-order valence-electron chi connectivity index (χ3n) is 1.94. The summed E-state index contributed by atoms with van der Waals surface area (Å²) in [5.74, 6) is -1.08. The van der Waals surface area contributed by atoms with E-state index >= 15 is 0 Å². The van der Waals surface area contributed by atoms with Crippen molar-refractivity contribution in [3.8, 4) is 0 Å². The number of hydrogen-bond acceptors (Lipinski definition) is 3. The first-order valence-corrected chi connectivity index (χ1v) is 5.62. The zero-order valence-electron chi connectivity index (χ0n) is 9.22. The monoisotopic (exact) mass is 301 g/mol. The van der Waals surface area contributed by atoms with Crippen molar-refractivity contribution in [3.05, 3.63) is 34.3 Å². The smallest absolute Gasteiger partial charge is 0.410 e. The topological polar surface area (TPSA) is 66.8 Å². The first-order chi connectivity index (χ1) is 7.99. The van der Waals surface area contributed by atoms with Crippen LogP contribution < -0.4 is 0 Å². The van der Waals surface area contributed by atoms with Gasteiger partial charge in [0.05, 0.1) is 0 Å². The zero-order valence-corrected chi connectivity index (χ0v) is 10.8. The summed E-state index contributed by atoms with van der Waals surface area (Å²) in [7, 11) is 1.37. The minimum Gasteiger partial charge on any atom is -0.480 e. The second kappa shape index (κ2) is 6.24. The van der Waals surface area contributed by atoms with Gasteiger partial charge in [0.15, 0.2) is 0 Å². The molecule has 0 aliphatic rings. The van der Waals surface area contributed by atoms with E-state index in [0.717, 1.165) is 14.9 Å². The second-order valence-corrected chi connectivity index (χ2v) is 4.35. The van der Waals surface area contributed by atoms with E-state index in [1.165, 1.54) is 7.05 Å². The van der Waals surface area contributed by atoms with Crippen LogP contribution in [0.4, 0.5) is 4.79 Å². The molecule has 1 amide bonds. The van der Waals surface area contributed by atoms with Gasteiger partial charge in [0, 0.05) is 11.5 Å². The molecule has 0 saturated heterocycles. The molecule has 0 unspecified atom stereocenters. The number of carbonyl (C=O) groups excluding carboxylic acids is 1. The summed E-state index contributed by atoms with van der Waals surface area (Å²) in [6, 6.07) is 7.33. The molecule has 5 nitrogen and oxygen atoms in total. The number of aliphatic carboxylic acids is 1. The summed E-state index contributed by atoms with van der Waals surface area (Å²) >= 11 is 3.30. The van der Waals surface area contributed by atoms with Crippen LogP contribution in [0.1, 0.15) is 5.56 Å². The highest BCUT2D eigenvalue weighted by atomic mass is 79.9. The molecule has 6 heteroatoms. The Kier molecular flexibility index (Phi) is 4.96. The van der Waals surface area contributed by atoms with Gasteiger partial charge in [0.1, 0.15) is 13.2 Å². The maximum Gasteiger partial charge on any atom is 0.410 e. The van der Waals surface area contributed by atoms with E-state index in [-0.39, 0.29) is 13.2 Å². The van der Waals surface area contributed by atoms with Crippen LogP contribution in [0.5, 0.6) is 0 Å². The van der Waals surface area contributed by atoms with Gasteiger partial charge in [-0.15, -0.1) is 0 Å². The van der Waals surface area contributed by atoms with Crippen LogP contribution in [-0.2, 0) is 16.1 Å². The molecule has 0 atom stereocenters. The Morgan fingerprint density at radius 1 is 1.47 bits per heavy atom. The number of benzene rings is 1. The van der Waals surface area contributed by atoms with Crippen molar-refractivity contribution in [2.45, 2.75) is 6.61 Å². The summed E-state index contributed by atoms with van der Waals surface area (Å²) in [4.78, 5) is 22.7. The minimum atomic E-state index is -1.08. The molecule has 1 rings (SSSR count). The maximum atomic E-state index is 11.4. The van der Waals surface area contributed by atoms with Crippen molar-refractivity contribution in [1.82, 2.24) is 4.90 Å². The van der Waals surface area contributed by atoms with Gasteiger partial charge in [0.25, 0.3) is 0 Å². The third kappa shape index (κ3) is 4.86. The van der Waals surface area contributed by atoms with Crippen molar-refractivity contribution < 1.29 is 19.4 Å². The van der Waals surface area contributed by atoms with Crippen LogP contribution in [0, 0.1) is 0 Å². The summed E-state index contributed by atoms with van der Waals surface area (Å²) < 4.78 is 5.84. The Hall–Kier alpha value is -1.56. The maximum absolute atomic E-state index is 11.4. The lowest BCUT2D eigenvalue weighted by molar-refractivity contribution is -0.137. The van der Waals surface area contributed by atoms with E-state index in [2.05, 4.69) is 15.9 Å². The van der Waals surface area contributed by atoms with Gasteiger partial charge in [-0.05, 0) is 17.7 Å². The Morgan fingerprint density at radius 2 is 2.18 bits per heavy atom. The number of nitrogens with zero attached hydrogens (tertiary/aromatic N) is 1. The number of ether oxygens (including phenoxy) is 1. The fourth-order valence-corrected chi connectivity index (χ4v) is 1.60. The molecule has 0 saturated carbocycles. The van der Waals surface area contributed by atoms with Gasteiger partial charge < -0.3 is 14.7 Å². The Bertz CT molecular complexity index is 422. The van der Waals surface area contributed by atoms with Gasteiger partial charge >= 0.3 is 12.1 Å². The van der Waals surface area contributed by atoms with E-state index in [1.54, 1.807) is 0 Å². The van der Waals surface area contributed by atoms with Crippen LogP contribution in [0.2, 0.25) is 0 Å². The number of carboxylic acid groups (broad SMARTS) is 1. The molecule has 1 aromatic carbocycles. The van der Waals surface area contributed by atoms with Crippen LogP contribution >= 0.6 is 15.9 Å². The van der Waals surface area contributed by atoms with Gasteiger partial charge in [-0.1, -0.05) is 28.1 Å². The Labute approximate surface area is 107 Å². The van der Waals surface area contributed by atoms with E-state index in [1.807, 2.05) is 24.3 Å². The molecule has 92 valence electrons. The SMILES string of the molecule is CN(CC(=O)O)C(=O)OCc1cccc(Br)c1. The molecule has 17 heavy (non-hydrogen) atoms. The van der Waals surface area contributed by atoms with Crippen molar-refractivity contribution >= 4 is 28.0 Å². The highest BCUT2D eigenvalue weighted by Crippen LogP contribution is 2.12. The van der Waals surface area contributed by atoms with Gasteiger partial charge in [-0.2, -0.15) is 0 Å². The van der Waals surface area contributed by atoms with Crippen LogP contribution in [0.25, 0.3) is 0 Å². The van der Waals surface area contributed by atoms with Gasteiger partial charge in [0.2, 0.25) is 0 Å². The highest BCUT2D eigenvalue weighted by Gasteiger charge is 2.13. The summed E-state index contributed by atoms with van der Waals surface area (Å²) in [6.45, 7) is -0.264. The molecule has 0 heterocycles. The van der Waals surface area contributed by atoms with E-state index in [9.17, 15) is 9.59 Å². The molecule has 1 aromatic rings. The number of carbonyl (C=O) groups is 2. The third-order valence-corrected chi connectivity index (χ3v) is 2.43. The zero-order chi connectivity index (χ0) is 12.8. The predicted octanol–water partition coefficient (Wildman–Crippen LogP) is 2.10. The van der Waals surface area contributed by atoms with E-state index in [4.69, 9.17) is 9.84 Å². The number of likely N-dealkylation sites (N-methyl/N-ethyl adjacent to an activating group) is 1. The molecule has 0 spiro atoms. The van der Waals surface area contributed by atoms with Gasteiger partial charge in [-0.25, -0.2) is 4.79 Å².